The van der Waals surface area contributed by atoms with Crippen molar-refractivity contribution in [3.8, 4) is 0 Å². The van der Waals surface area contributed by atoms with Gasteiger partial charge in [-0.2, -0.15) is 0 Å². The second-order valence-corrected chi connectivity index (χ2v) is 11.2. The van der Waals surface area contributed by atoms with Crippen molar-refractivity contribution in [3.63, 3.8) is 0 Å². The van der Waals surface area contributed by atoms with Crippen LogP contribution in [-0.2, 0) is 10.3 Å². The quantitative estimate of drug-likeness (QED) is 0.604. The number of urea groups is 1. The first-order valence-corrected chi connectivity index (χ1v) is 13.0. The average Bonchev–Trinajstić information content (AvgIpc) is 3.02. The van der Waals surface area contributed by atoms with E-state index >= 15 is 0 Å². The van der Waals surface area contributed by atoms with Gasteiger partial charge in [0.05, 0.1) is 5.54 Å². The van der Waals surface area contributed by atoms with Crippen LogP contribution in [0.1, 0.15) is 50.5 Å². The average molecular weight is 470 g/mol. The van der Waals surface area contributed by atoms with Gasteiger partial charge in [0.25, 0.3) is 0 Å². The summed E-state index contributed by atoms with van der Waals surface area (Å²) in [7, 11) is 8.34. The predicted octanol–water partition coefficient (Wildman–Crippen LogP) is 2.97. The Bertz CT molecular complexity index is 844. The molecule has 0 unspecified atom stereocenters. The summed E-state index contributed by atoms with van der Waals surface area (Å²) < 4.78 is 0. The van der Waals surface area contributed by atoms with Gasteiger partial charge in [-0.25, -0.2) is 4.79 Å². The van der Waals surface area contributed by atoms with Crippen molar-refractivity contribution in [2.24, 2.45) is 5.92 Å². The molecule has 4 rings (SSSR count). The van der Waals surface area contributed by atoms with Crippen LogP contribution in [0, 0.1) is 5.92 Å². The number of likely N-dealkylation sites (N-methyl/N-ethyl adjacent to an activating group) is 1. The van der Waals surface area contributed by atoms with Gasteiger partial charge in [-0.1, -0.05) is 36.8 Å². The SMILES string of the molecule is CN(C)CCNC(=O)CN1C[C@]2(CC[C@](c3ccccc3)(N(C)C)CC2)N(CC2CCC2)C1=O. The van der Waals surface area contributed by atoms with E-state index in [1.807, 2.05) is 23.9 Å². The number of carbonyl (C=O) groups is 2. The van der Waals surface area contributed by atoms with Crippen molar-refractivity contribution < 1.29 is 9.59 Å². The van der Waals surface area contributed by atoms with E-state index < -0.39 is 0 Å². The minimum absolute atomic E-state index is 0.00529. The first kappa shape index (κ1) is 25.0. The fourth-order valence-electron chi connectivity index (χ4n) is 6.16. The van der Waals surface area contributed by atoms with Crippen molar-refractivity contribution >= 4 is 11.9 Å². The molecule has 3 fully saturated rings. The van der Waals surface area contributed by atoms with Gasteiger partial charge in [-0.15, -0.1) is 0 Å². The molecule has 1 saturated heterocycles. The molecular formula is C27H43N5O2. The highest BCUT2D eigenvalue weighted by molar-refractivity contribution is 5.86. The Morgan fingerprint density at radius 1 is 1.06 bits per heavy atom. The second kappa shape index (κ2) is 10.2. The number of hydrogen-bond donors (Lipinski definition) is 1. The van der Waals surface area contributed by atoms with E-state index in [0.717, 1.165) is 38.8 Å². The van der Waals surface area contributed by atoms with Crippen LogP contribution >= 0.6 is 0 Å². The highest BCUT2D eigenvalue weighted by Gasteiger charge is 2.55. The molecule has 1 aliphatic heterocycles. The molecule has 1 spiro atoms. The molecule has 0 aromatic heterocycles. The maximum atomic E-state index is 13.6. The molecule has 7 heteroatoms. The molecule has 2 saturated carbocycles. The molecule has 1 N–H and O–H groups in total. The summed E-state index contributed by atoms with van der Waals surface area (Å²) in [6, 6.07) is 10.9. The number of benzene rings is 1. The number of amides is 3. The topological polar surface area (TPSA) is 59.1 Å². The summed E-state index contributed by atoms with van der Waals surface area (Å²) in [5, 5.41) is 2.98. The molecule has 0 atom stereocenters. The van der Waals surface area contributed by atoms with Gasteiger partial charge >= 0.3 is 6.03 Å². The smallest absolute Gasteiger partial charge is 0.321 e. The number of carbonyl (C=O) groups excluding carboxylic acids is 2. The van der Waals surface area contributed by atoms with E-state index in [1.54, 1.807) is 0 Å². The van der Waals surface area contributed by atoms with Crippen LogP contribution in [-0.4, -0.2) is 98.0 Å². The zero-order chi connectivity index (χ0) is 24.3. The van der Waals surface area contributed by atoms with Gasteiger partial charge < -0.3 is 20.0 Å². The Morgan fingerprint density at radius 3 is 2.29 bits per heavy atom. The molecule has 34 heavy (non-hydrogen) atoms. The van der Waals surface area contributed by atoms with Gasteiger partial charge in [0.2, 0.25) is 5.91 Å². The summed E-state index contributed by atoms with van der Waals surface area (Å²) in [5.41, 5.74) is 1.20. The molecule has 3 amide bonds. The van der Waals surface area contributed by atoms with E-state index in [9.17, 15) is 9.59 Å². The summed E-state index contributed by atoms with van der Waals surface area (Å²) in [4.78, 5) is 34.6. The molecule has 188 valence electrons. The third-order valence-electron chi connectivity index (χ3n) is 8.62. The predicted molar refractivity (Wildman–Crippen MR) is 136 cm³/mol. The molecule has 3 aliphatic rings. The van der Waals surface area contributed by atoms with Crippen LogP contribution in [0.25, 0.3) is 0 Å². The highest BCUT2D eigenvalue weighted by Crippen LogP contribution is 2.49. The van der Waals surface area contributed by atoms with Crippen LogP contribution in [0.4, 0.5) is 4.79 Å². The van der Waals surface area contributed by atoms with Crippen LogP contribution in [0.5, 0.6) is 0 Å². The molecule has 1 heterocycles. The minimum Gasteiger partial charge on any atom is -0.353 e. The largest absolute Gasteiger partial charge is 0.353 e. The van der Waals surface area contributed by atoms with Crippen molar-refractivity contribution in [3.05, 3.63) is 35.9 Å². The molecule has 1 aromatic rings. The fraction of sp³-hybridized carbons (Fsp3) is 0.704. The fourth-order valence-corrected chi connectivity index (χ4v) is 6.16. The summed E-state index contributed by atoms with van der Waals surface area (Å²) in [6.45, 7) is 3.07. The number of nitrogens with one attached hydrogen (secondary N) is 1. The Kier molecular flexibility index (Phi) is 7.53. The van der Waals surface area contributed by atoms with E-state index in [0.29, 0.717) is 19.0 Å². The first-order valence-electron chi connectivity index (χ1n) is 13.0. The molecule has 2 aliphatic carbocycles. The van der Waals surface area contributed by atoms with Crippen LogP contribution in [0.3, 0.4) is 0 Å². The minimum atomic E-state index is -0.162. The molecular weight excluding hydrogens is 426 g/mol. The molecule has 0 bridgehead atoms. The second-order valence-electron chi connectivity index (χ2n) is 11.2. The standard InChI is InChI=1S/C27H43N5O2/c1-29(2)18-17-28-24(33)20-31-21-26(32(25(31)34)19-22-9-8-10-22)13-15-27(16-14-26,30(3)4)23-11-6-5-7-12-23/h5-7,11-12,22H,8-10,13-21H2,1-4H3,(H,28,33)/t26-,27+. The third kappa shape index (κ3) is 4.96. The Labute approximate surface area is 205 Å². The van der Waals surface area contributed by atoms with Crippen molar-refractivity contribution in [2.75, 3.05) is 60.9 Å². The van der Waals surface area contributed by atoms with Gasteiger partial charge in [0.1, 0.15) is 6.54 Å². The normalized spacial score (nSPS) is 27.6. The van der Waals surface area contributed by atoms with Crippen molar-refractivity contribution in [1.82, 2.24) is 24.9 Å². The van der Waals surface area contributed by atoms with Gasteiger partial charge in [0.15, 0.2) is 0 Å². The summed E-state index contributed by atoms with van der Waals surface area (Å²) in [6.07, 6.45) is 7.68. The summed E-state index contributed by atoms with van der Waals surface area (Å²) >= 11 is 0. The van der Waals surface area contributed by atoms with Gasteiger partial charge in [0, 0.05) is 31.7 Å². The number of hydrogen-bond acceptors (Lipinski definition) is 4. The van der Waals surface area contributed by atoms with Gasteiger partial charge in [-0.05, 0) is 78.2 Å². The van der Waals surface area contributed by atoms with E-state index in [-0.39, 0.29) is 29.6 Å². The lowest BCUT2D eigenvalue weighted by Crippen LogP contribution is -2.56. The Hall–Kier alpha value is -2.12. The van der Waals surface area contributed by atoms with E-state index in [4.69, 9.17) is 0 Å². The van der Waals surface area contributed by atoms with Crippen LogP contribution < -0.4 is 5.32 Å². The van der Waals surface area contributed by atoms with E-state index in [1.165, 1.54) is 24.8 Å². The maximum absolute atomic E-state index is 13.6. The number of rotatable bonds is 9. The monoisotopic (exact) mass is 469 g/mol. The zero-order valence-corrected chi connectivity index (χ0v) is 21.6. The van der Waals surface area contributed by atoms with Crippen LogP contribution in [0.15, 0.2) is 30.3 Å². The maximum Gasteiger partial charge on any atom is 0.321 e. The summed E-state index contributed by atoms with van der Waals surface area (Å²) in [5.74, 6) is 0.558. The lowest BCUT2D eigenvalue weighted by molar-refractivity contribution is -0.121. The Balaban J connectivity index is 1.49. The Morgan fingerprint density at radius 2 is 1.74 bits per heavy atom. The zero-order valence-electron chi connectivity index (χ0n) is 21.6. The third-order valence-corrected chi connectivity index (χ3v) is 8.62. The van der Waals surface area contributed by atoms with E-state index in [2.05, 4.69) is 59.5 Å². The van der Waals surface area contributed by atoms with Crippen molar-refractivity contribution in [1.29, 1.82) is 0 Å². The lowest BCUT2D eigenvalue weighted by Gasteiger charge is -2.51. The number of nitrogens with zero attached hydrogens (tertiary/aromatic N) is 4. The molecule has 1 aromatic carbocycles. The van der Waals surface area contributed by atoms with Crippen molar-refractivity contribution in [2.45, 2.75) is 56.0 Å². The van der Waals surface area contributed by atoms with Crippen LogP contribution in [0.2, 0.25) is 0 Å². The lowest BCUT2D eigenvalue weighted by atomic mass is 9.68. The molecule has 0 radical (unpaired) electrons. The first-order chi connectivity index (χ1) is 16.3. The highest BCUT2D eigenvalue weighted by atomic mass is 16.2. The van der Waals surface area contributed by atoms with Gasteiger partial charge in [-0.3, -0.25) is 9.69 Å². The molecule has 7 nitrogen and oxygen atoms in total.